The number of anilines is 2. The molecule has 0 atom stereocenters. The van der Waals surface area contributed by atoms with Crippen LogP contribution in [0.5, 0.6) is 0 Å². The normalized spacial score (nSPS) is 10.4. The number of carbonyl (C=O) groups is 1. The van der Waals surface area contributed by atoms with Crippen molar-refractivity contribution in [2.24, 2.45) is 0 Å². The summed E-state index contributed by atoms with van der Waals surface area (Å²) in [6.45, 7) is 0.697. The van der Waals surface area contributed by atoms with Crippen LogP contribution < -0.4 is 10.6 Å². The number of hydrogen-bond donors (Lipinski definition) is 2. The SMILES string of the molecule is O=C(Nc1c(F)cccc1F)c1ccc(NCCc2ccccc2)nc1. The molecule has 0 unspecified atom stereocenters. The van der Waals surface area contributed by atoms with Crippen molar-refractivity contribution < 1.29 is 13.6 Å². The Morgan fingerprint density at radius 2 is 1.65 bits per heavy atom. The minimum Gasteiger partial charge on any atom is -0.370 e. The number of nitrogens with zero attached hydrogens (tertiary/aromatic N) is 1. The van der Waals surface area contributed by atoms with Gasteiger partial charge >= 0.3 is 0 Å². The lowest BCUT2D eigenvalue weighted by Crippen LogP contribution is -2.15. The molecule has 0 saturated heterocycles. The number of carbonyl (C=O) groups excluding carboxylic acids is 1. The molecule has 4 nitrogen and oxygen atoms in total. The highest BCUT2D eigenvalue weighted by atomic mass is 19.1. The molecule has 6 heteroatoms. The molecule has 1 heterocycles. The second-order valence-corrected chi connectivity index (χ2v) is 5.65. The lowest BCUT2D eigenvalue weighted by molar-refractivity contribution is 0.102. The Morgan fingerprint density at radius 3 is 2.31 bits per heavy atom. The Labute approximate surface area is 149 Å². The van der Waals surface area contributed by atoms with Crippen molar-refractivity contribution in [2.75, 3.05) is 17.2 Å². The minimum absolute atomic E-state index is 0.210. The van der Waals surface area contributed by atoms with E-state index in [4.69, 9.17) is 0 Å². The van der Waals surface area contributed by atoms with Gasteiger partial charge < -0.3 is 10.6 Å². The number of para-hydroxylation sites is 1. The summed E-state index contributed by atoms with van der Waals surface area (Å²) in [5.41, 5.74) is 0.951. The van der Waals surface area contributed by atoms with Gasteiger partial charge in [-0.3, -0.25) is 4.79 Å². The van der Waals surface area contributed by atoms with Crippen molar-refractivity contribution >= 4 is 17.4 Å². The van der Waals surface area contributed by atoms with Crippen LogP contribution in [-0.2, 0) is 6.42 Å². The van der Waals surface area contributed by atoms with Gasteiger partial charge in [-0.25, -0.2) is 13.8 Å². The molecule has 0 bridgehead atoms. The van der Waals surface area contributed by atoms with Gasteiger partial charge in [0.15, 0.2) is 0 Å². The van der Waals surface area contributed by atoms with E-state index in [1.54, 1.807) is 12.1 Å². The Hall–Kier alpha value is -3.28. The summed E-state index contributed by atoms with van der Waals surface area (Å²) in [5.74, 6) is -1.66. The van der Waals surface area contributed by atoms with Gasteiger partial charge in [-0.15, -0.1) is 0 Å². The van der Waals surface area contributed by atoms with Crippen molar-refractivity contribution in [3.63, 3.8) is 0 Å². The van der Waals surface area contributed by atoms with Crippen LogP contribution in [0.2, 0.25) is 0 Å². The number of benzene rings is 2. The van der Waals surface area contributed by atoms with Crippen LogP contribution >= 0.6 is 0 Å². The summed E-state index contributed by atoms with van der Waals surface area (Å²) in [5, 5.41) is 5.39. The zero-order chi connectivity index (χ0) is 18.4. The highest BCUT2D eigenvalue weighted by molar-refractivity contribution is 6.04. The van der Waals surface area contributed by atoms with Crippen LogP contribution in [0.1, 0.15) is 15.9 Å². The first-order chi connectivity index (χ1) is 12.6. The number of rotatable bonds is 6. The molecule has 1 aromatic heterocycles. The van der Waals surface area contributed by atoms with Crippen molar-refractivity contribution in [3.8, 4) is 0 Å². The van der Waals surface area contributed by atoms with Gasteiger partial charge in [-0.05, 0) is 36.2 Å². The van der Waals surface area contributed by atoms with Crippen LogP contribution in [0.15, 0.2) is 66.9 Å². The van der Waals surface area contributed by atoms with E-state index in [0.717, 1.165) is 18.6 Å². The lowest BCUT2D eigenvalue weighted by atomic mass is 10.1. The van der Waals surface area contributed by atoms with Gasteiger partial charge in [0.2, 0.25) is 0 Å². The largest absolute Gasteiger partial charge is 0.370 e. The fourth-order valence-corrected chi connectivity index (χ4v) is 2.42. The quantitative estimate of drug-likeness (QED) is 0.696. The Balaban J connectivity index is 1.57. The number of pyridine rings is 1. The molecular formula is C20H17F2N3O. The molecule has 26 heavy (non-hydrogen) atoms. The number of halogens is 2. The van der Waals surface area contributed by atoms with E-state index < -0.39 is 23.2 Å². The molecule has 0 saturated carbocycles. The van der Waals surface area contributed by atoms with Crippen LogP contribution in [-0.4, -0.2) is 17.4 Å². The average molecular weight is 353 g/mol. The van der Waals surface area contributed by atoms with Gasteiger partial charge in [0.05, 0.1) is 5.56 Å². The van der Waals surface area contributed by atoms with Crippen LogP contribution in [0, 0.1) is 11.6 Å². The van der Waals surface area contributed by atoms with E-state index in [2.05, 4.69) is 15.6 Å². The Morgan fingerprint density at radius 1 is 0.923 bits per heavy atom. The van der Waals surface area contributed by atoms with Crippen LogP contribution in [0.4, 0.5) is 20.3 Å². The topological polar surface area (TPSA) is 54.0 Å². The fourth-order valence-electron chi connectivity index (χ4n) is 2.42. The van der Waals surface area contributed by atoms with Gasteiger partial charge in [-0.1, -0.05) is 36.4 Å². The molecule has 132 valence electrons. The van der Waals surface area contributed by atoms with Crippen molar-refractivity contribution in [1.29, 1.82) is 0 Å². The third kappa shape index (κ3) is 4.42. The van der Waals surface area contributed by atoms with E-state index in [1.165, 1.54) is 17.8 Å². The highest BCUT2D eigenvalue weighted by Crippen LogP contribution is 2.19. The summed E-state index contributed by atoms with van der Waals surface area (Å²) in [4.78, 5) is 16.3. The number of amides is 1. The second kappa shape index (κ2) is 8.20. The molecule has 1 amide bonds. The maximum atomic E-state index is 13.6. The summed E-state index contributed by atoms with van der Waals surface area (Å²) in [6.07, 6.45) is 2.20. The van der Waals surface area contributed by atoms with Crippen molar-refractivity contribution in [3.05, 3.63) is 89.6 Å². The van der Waals surface area contributed by atoms with E-state index in [9.17, 15) is 13.6 Å². The molecule has 0 radical (unpaired) electrons. The predicted molar refractivity (Wildman–Crippen MR) is 97.2 cm³/mol. The van der Waals surface area contributed by atoms with E-state index in [1.807, 2.05) is 30.3 Å². The maximum Gasteiger partial charge on any atom is 0.257 e. The molecule has 0 fully saturated rings. The standard InChI is InChI=1S/C20H17F2N3O/c21-16-7-4-8-17(22)19(16)25-20(26)15-9-10-18(24-13-15)23-12-11-14-5-2-1-3-6-14/h1-10,13H,11-12H2,(H,23,24)(H,25,26). The van der Waals surface area contributed by atoms with Crippen molar-refractivity contribution in [1.82, 2.24) is 4.98 Å². The van der Waals surface area contributed by atoms with E-state index in [0.29, 0.717) is 12.4 Å². The summed E-state index contributed by atoms with van der Waals surface area (Å²) in [6, 6.07) is 16.6. The molecule has 0 aliphatic carbocycles. The Kier molecular flexibility index (Phi) is 5.53. The number of aromatic nitrogens is 1. The molecule has 3 aromatic rings. The zero-order valence-corrected chi connectivity index (χ0v) is 13.9. The average Bonchev–Trinajstić information content (AvgIpc) is 2.66. The molecule has 0 spiro atoms. The van der Waals surface area contributed by atoms with Crippen LogP contribution in [0.25, 0.3) is 0 Å². The molecule has 0 aliphatic heterocycles. The minimum atomic E-state index is -0.828. The molecule has 2 N–H and O–H groups in total. The van der Waals surface area contributed by atoms with Gasteiger partial charge in [0.1, 0.15) is 23.1 Å². The second-order valence-electron chi connectivity index (χ2n) is 5.65. The fraction of sp³-hybridized carbons (Fsp3) is 0.100. The maximum absolute atomic E-state index is 13.6. The van der Waals surface area contributed by atoms with E-state index >= 15 is 0 Å². The monoisotopic (exact) mass is 353 g/mol. The third-order valence-corrected chi connectivity index (χ3v) is 3.79. The summed E-state index contributed by atoms with van der Waals surface area (Å²) in [7, 11) is 0. The molecule has 3 rings (SSSR count). The smallest absolute Gasteiger partial charge is 0.257 e. The molecule has 0 aliphatic rings. The van der Waals surface area contributed by atoms with Crippen LogP contribution in [0.3, 0.4) is 0 Å². The lowest BCUT2D eigenvalue weighted by Gasteiger charge is -2.09. The molecular weight excluding hydrogens is 336 g/mol. The van der Waals surface area contributed by atoms with Gasteiger partial charge in [-0.2, -0.15) is 0 Å². The zero-order valence-electron chi connectivity index (χ0n) is 13.9. The number of hydrogen-bond acceptors (Lipinski definition) is 3. The Bertz CT molecular complexity index is 863. The first-order valence-electron chi connectivity index (χ1n) is 8.13. The van der Waals surface area contributed by atoms with Crippen molar-refractivity contribution in [2.45, 2.75) is 6.42 Å². The highest BCUT2D eigenvalue weighted by Gasteiger charge is 2.13. The third-order valence-electron chi connectivity index (χ3n) is 3.79. The van der Waals surface area contributed by atoms with Gasteiger partial charge in [0.25, 0.3) is 5.91 Å². The molecule has 2 aromatic carbocycles. The first-order valence-corrected chi connectivity index (χ1v) is 8.13. The first kappa shape index (κ1) is 17.5. The predicted octanol–water partition coefficient (Wildman–Crippen LogP) is 4.27. The number of nitrogens with one attached hydrogen (secondary N) is 2. The van der Waals surface area contributed by atoms with Gasteiger partial charge in [0, 0.05) is 12.7 Å². The summed E-state index contributed by atoms with van der Waals surface area (Å²) >= 11 is 0. The summed E-state index contributed by atoms with van der Waals surface area (Å²) < 4.78 is 27.2. The van der Waals surface area contributed by atoms with E-state index in [-0.39, 0.29) is 5.56 Å².